The predicted molar refractivity (Wildman–Crippen MR) is 113 cm³/mol. The van der Waals surface area contributed by atoms with Crippen molar-refractivity contribution in [2.24, 2.45) is 5.73 Å². The molecule has 1 atom stereocenters. The molecule has 0 spiro atoms. The zero-order valence-electron chi connectivity index (χ0n) is 17.6. The van der Waals surface area contributed by atoms with Crippen LogP contribution in [0.3, 0.4) is 0 Å². The molecule has 0 aliphatic carbocycles. The third-order valence-electron chi connectivity index (χ3n) is 5.14. The van der Waals surface area contributed by atoms with Crippen LogP contribution in [0.15, 0.2) is 47.0 Å². The number of nitrogens with zero attached hydrogens (tertiary/aromatic N) is 3. The van der Waals surface area contributed by atoms with E-state index in [9.17, 15) is 9.18 Å². The molecule has 2 aromatic carbocycles. The average Bonchev–Trinajstić information content (AvgIpc) is 3.18. The van der Waals surface area contributed by atoms with Gasteiger partial charge in [-0.15, -0.1) is 0 Å². The molecule has 3 aromatic rings. The highest BCUT2D eigenvalue weighted by atomic mass is 19.1. The Morgan fingerprint density at radius 3 is 2.60 bits per heavy atom. The third-order valence-corrected chi connectivity index (χ3v) is 5.14. The monoisotopic (exact) mass is 410 g/mol. The van der Waals surface area contributed by atoms with Crippen molar-refractivity contribution >= 4 is 5.91 Å². The van der Waals surface area contributed by atoms with Gasteiger partial charge in [-0.2, -0.15) is 4.98 Å². The molecule has 0 unspecified atom stereocenters. The molecule has 1 aromatic heterocycles. The van der Waals surface area contributed by atoms with Gasteiger partial charge in [-0.05, 0) is 43.0 Å². The number of halogens is 1. The van der Waals surface area contributed by atoms with E-state index in [-0.39, 0.29) is 24.9 Å². The van der Waals surface area contributed by atoms with E-state index in [0.717, 1.165) is 18.4 Å². The van der Waals surface area contributed by atoms with Gasteiger partial charge in [0.05, 0.1) is 13.1 Å². The Hall–Kier alpha value is -3.06. The molecule has 30 heavy (non-hydrogen) atoms. The minimum atomic E-state index is -0.440. The molecule has 0 aliphatic heterocycles. The Bertz CT molecular complexity index is 1000. The van der Waals surface area contributed by atoms with Gasteiger partial charge >= 0.3 is 0 Å². The van der Waals surface area contributed by atoms with Gasteiger partial charge in [-0.1, -0.05) is 54.9 Å². The maximum atomic E-state index is 13.8. The van der Waals surface area contributed by atoms with Crippen molar-refractivity contribution in [3.8, 4) is 11.4 Å². The number of rotatable bonds is 9. The number of primary amides is 1. The fraction of sp³-hybridized carbons (Fsp3) is 0.348. The molecule has 0 radical (unpaired) electrons. The molecule has 7 heteroatoms. The SMILES string of the molecule is CCCc1ccc([C@@H](C)N(CC(N)=O)Cc2nc(-c3ccc(C)c(F)c3)no2)cc1. The van der Waals surface area contributed by atoms with Crippen molar-refractivity contribution in [1.82, 2.24) is 15.0 Å². The number of aryl methyl sites for hydroxylation is 2. The van der Waals surface area contributed by atoms with Crippen LogP contribution in [-0.2, 0) is 17.8 Å². The molecular formula is C23H27FN4O2. The van der Waals surface area contributed by atoms with E-state index in [1.807, 2.05) is 11.8 Å². The molecule has 0 aliphatic rings. The maximum absolute atomic E-state index is 13.8. The van der Waals surface area contributed by atoms with Gasteiger partial charge in [-0.3, -0.25) is 9.69 Å². The number of carbonyl (C=O) groups excluding carboxylic acids is 1. The summed E-state index contributed by atoms with van der Waals surface area (Å²) in [6.07, 6.45) is 2.12. The Morgan fingerprint density at radius 2 is 1.97 bits per heavy atom. The van der Waals surface area contributed by atoms with Crippen LogP contribution >= 0.6 is 0 Å². The van der Waals surface area contributed by atoms with Gasteiger partial charge in [0.15, 0.2) is 0 Å². The summed E-state index contributed by atoms with van der Waals surface area (Å²) in [6, 6.07) is 13.1. The molecule has 158 valence electrons. The third kappa shape index (κ3) is 5.30. The number of nitrogens with two attached hydrogens (primary N) is 1. The zero-order valence-corrected chi connectivity index (χ0v) is 17.6. The van der Waals surface area contributed by atoms with E-state index in [2.05, 4.69) is 41.3 Å². The van der Waals surface area contributed by atoms with Gasteiger partial charge in [0.2, 0.25) is 17.6 Å². The molecule has 1 amide bonds. The van der Waals surface area contributed by atoms with E-state index in [4.69, 9.17) is 10.3 Å². The standard InChI is InChI=1S/C23H27FN4O2/c1-4-5-17-7-10-18(11-8-17)16(3)28(13-21(25)29)14-22-26-23(27-30-22)19-9-6-15(2)20(24)12-19/h6-12,16H,4-5,13-14H2,1-3H3,(H2,25,29)/t16-/m1/s1. The van der Waals surface area contributed by atoms with E-state index in [1.165, 1.54) is 11.6 Å². The second-order valence-corrected chi connectivity index (χ2v) is 7.51. The highest BCUT2D eigenvalue weighted by Crippen LogP contribution is 2.24. The number of hydrogen-bond acceptors (Lipinski definition) is 5. The van der Waals surface area contributed by atoms with Crippen molar-refractivity contribution in [1.29, 1.82) is 0 Å². The zero-order chi connectivity index (χ0) is 21.7. The smallest absolute Gasteiger partial charge is 0.241 e. The second kappa shape index (κ2) is 9.63. The van der Waals surface area contributed by atoms with Crippen LogP contribution in [0.5, 0.6) is 0 Å². The van der Waals surface area contributed by atoms with Crippen molar-refractivity contribution in [3.63, 3.8) is 0 Å². The van der Waals surface area contributed by atoms with Crippen LogP contribution in [-0.4, -0.2) is 27.5 Å². The van der Waals surface area contributed by atoms with E-state index in [1.54, 1.807) is 19.1 Å². The average molecular weight is 410 g/mol. The summed E-state index contributed by atoms with van der Waals surface area (Å²) < 4.78 is 19.2. The summed E-state index contributed by atoms with van der Waals surface area (Å²) in [5.41, 5.74) is 8.90. The first-order valence-corrected chi connectivity index (χ1v) is 10.1. The lowest BCUT2D eigenvalue weighted by atomic mass is 10.0. The molecule has 3 rings (SSSR count). The molecule has 2 N–H and O–H groups in total. The Morgan fingerprint density at radius 1 is 1.23 bits per heavy atom. The molecule has 0 saturated heterocycles. The molecule has 6 nitrogen and oxygen atoms in total. The minimum absolute atomic E-state index is 0.0503. The number of carbonyl (C=O) groups is 1. The van der Waals surface area contributed by atoms with Crippen molar-refractivity contribution in [2.75, 3.05) is 6.54 Å². The van der Waals surface area contributed by atoms with Gasteiger partial charge in [0, 0.05) is 11.6 Å². The summed E-state index contributed by atoms with van der Waals surface area (Å²) in [7, 11) is 0. The predicted octanol–water partition coefficient (Wildman–Crippen LogP) is 4.19. The van der Waals surface area contributed by atoms with E-state index >= 15 is 0 Å². The molecule has 0 bridgehead atoms. The lowest BCUT2D eigenvalue weighted by molar-refractivity contribution is -0.119. The summed E-state index contributed by atoms with van der Waals surface area (Å²) in [4.78, 5) is 17.9. The second-order valence-electron chi connectivity index (χ2n) is 7.51. The number of aromatic nitrogens is 2. The lowest BCUT2D eigenvalue weighted by Crippen LogP contribution is -2.35. The first-order valence-electron chi connectivity index (χ1n) is 10.1. The normalized spacial score (nSPS) is 12.3. The topological polar surface area (TPSA) is 85.2 Å². The number of benzene rings is 2. The van der Waals surface area contributed by atoms with Gasteiger partial charge in [0.25, 0.3) is 0 Å². The van der Waals surface area contributed by atoms with E-state index < -0.39 is 5.91 Å². The highest BCUT2D eigenvalue weighted by Gasteiger charge is 2.21. The van der Waals surface area contributed by atoms with Crippen molar-refractivity contribution < 1.29 is 13.7 Å². The Balaban J connectivity index is 1.78. The summed E-state index contributed by atoms with van der Waals surface area (Å²) >= 11 is 0. The highest BCUT2D eigenvalue weighted by molar-refractivity contribution is 5.76. The van der Waals surface area contributed by atoms with Crippen molar-refractivity contribution in [2.45, 2.75) is 46.2 Å². The van der Waals surface area contributed by atoms with Crippen LogP contribution in [0, 0.1) is 12.7 Å². The summed E-state index contributed by atoms with van der Waals surface area (Å²) in [5.74, 6) is -0.125. The van der Waals surface area contributed by atoms with Crippen LogP contribution in [0.25, 0.3) is 11.4 Å². The minimum Gasteiger partial charge on any atom is -0.369 e. The number of hydrogen-bond donors (Lipinski definition) is 1. The quantitative estimate of drug-likeness (QED) is 0.572. The largest absolute Gasteiger partial charge is 0.369 e. The van der Waals surface area contributed by atoms with Crippen molar-refractivity contribution in [3.05, 3.63) is 70.9 Å². The fourth-order valence-corrected chi connectivity index (χ4v) is 3.33. The first kappa shape index (κ1) is 21.6. The van der Waals surface area contributed by atoms with Gasteiger partial charge in [0.1, 0.15) is 5.82 Å². The first-order chi connectivity index (χ1) is 14.4. The Kier molecular flexibility index (Phi) is 6.95. The molecular weight excluding hydrogens is 383 g/mol. The maximum Gasteiger partial charge on any atom is 0.241 e. The van der Waals surface area contributed by atoms with Crippen LogP contribution < -0.4 is 5.73 Å². The van der Waals surface area contributed by atoms with Crippen LogP contribution in [0.1, 0.15) is 48.9 Å². The van der Waals surface area contributed by atoms with Gasteiger partial charge < -0.3 is 10.3 Å². The lowest BCUT2D eigenvalue weighted by Gasteiger charge is -2.27. The Labute approximate surface area is 175 Å². The molecule has 0 fully saturated rings. The summed E-state index contributed by atoms with van der Waals surface area (Å²) in [5, 5.41) is 3.96. The van der Waals surface area contributed by atoms with Crippen LogP contribution in [0.2, 0.25) is 0 Å². The van der Waals surface area contributed by atoms with Gasteiger partial charge in [-0.25, -0.2) is 4.39 Å². The van der Waals surface area contributed by atoms with E-state index in [0.29, 0.717) is 22.8 Å². The van der Waals surface area contributed by atoms with Crippen LogP contribution in [0.4, 0.5) is 4.39 Å². The fourth-order valence-electron chi connectivity index (χ4n) is 3.33. The number of amides is 1. The molecule has 1 heterocycles. The molecule has 0 saturated carbocycles. The summed E-state index contributed by atoms with van der Waals surface area (Å²) in [6.45, 7) is 6.15.